The first-order valence-electron chi connectivity index (χ1n) is 5.49. The van der Waals surface area contributed by atoms with Crippen LogP contribution in [0.15, 0.2) is 0 Å². The largest absolute Gasteiger partial charge is 0.411 e. The minimum absolute atomic E-state index is 0.00951. The maximum Gasteiger partial charge on any atom is 0.411 e. The first-order chi connectivity index (χ1) is 7.41. The molecule has 0 heterocycles. The standard InChI is InChI=1S/C10H18F3NO2/c11-10(12,13)8-16-6-5-14-7-9(15)3-1-2-4-9/h14-15H,1-8H2. The van der Waals surface area contributed by atoms with Gasteiger partial charge >= 0.3 is 6.18 Å². The maximum absolute atomic E-state index is 11.7. The van der Waals surface area contributed by atoms with Crippen molar-refractivity contribution in [3.05, 3.63) is 0 Å². The smallest absolute Gasteiger partial charge is 0.389 e. The molecule has 0 aromatic heterocycles. The second kappa shape index (κ2) is 5.84. The molecule has 0 bridgehead atoms. The van der Waals surface area contributed by atoms with Gasteiger partial charge in [-0.15, -0.1) is 0 Å². The van der Waals surface area contributed by atoms with Crippen molar-refractivity contribution in [1.82, 2.24) is 5.32 Å². The van der Waals surface area contributed by atoms with Crippen molar-refractivity contribution >= 4 is 0 Å². The van der Waals surface area contributed by atoms with Gasteiger partial charge in [-0.05, 0) is 12.8 Å². The van der Waals surface area contributed by atoms with E-state index < -0.39 is 18.4 Å². The molecule has 1 saturated carbocycles. The first-order valence-corrected chi connectivity index (χ1v) is 5.49. The molecule has 0 amide bonds. The van der Waals surface area contributed by atoms with Crippen molar-refractivity contribution < 1.29 is 23.0 Å². The molecule has 6 heteroatoms. The van der Waals surface area contributed by atoms with Crippen molar-refractivity contribution in [2.75, 3.05) is 26.3 Å². The van der Waals surface area contributed by atoms with Gasteiger partial charge in [0.15, 0.2) is 0 Å². The summed E-state index contributed by atoms with van der Waals surface area (Å²) in [5.41, 5.74) is -0.663. The Kier molecular flexibility index (Phi) is 5.01. The van der Waals surface area contributed by atoms with Gasteiger partial charge in [-0.1, -0.05) is 12.8 Å². The Labute approximate surface area is 93.0 Å². The van der Waals surface area contributed by atoms with Crippen LogP contribution in [0.2, 0.25) is 0 Å². The maximum atomic E-state index is 11.7. The number of halogens is 3. The predicted molar refractivity (Wildman–Crippen MR) is 53.2 cm³/mol. The van der Waals surface area contributed by atoms with Gasteiger partial charge in [-0.25, -0.2) is 0 Å². The molecule has 0 radical (unpaired) electrons. The molecule has 1 aliphatic rings. The fourth-order valence-corrected chi connectivity index (χ4v) is 1.86. The number of aliphatic hydroxyl groups is 1. The number of nitrogens with one attached hydrogen (secondary N) is 1. The van der Waals surface area contributed by atoms with Crippen LogP contribution >= 0.6 is 0 Å². The van der Waals surface area contributed by atoms with Crippen molar-refractivity contribution in [2.45, 2.75) is 37.5 Å². The van der Waals surface area contributed by atoms with Crippen LogP contribution in [-0.4, -0.2) is 43.2 Å². The number of ether oxygens (including phenoxy) is 1. The summed E-state index contributed by atoms with van der Waals surface area (Å²) in [6, 6.07) is 0. The molecule has 3 nitrogen and oxygen atoms in total. The summed E-state index contributed by atoms with van der Waals surface area (Å²) in [5, 5.41) is 12.8. The van der Waals surface area contributed by atoms with E-state index >= 15 is 0 Å². The molecule has 1 rings (SSSR count). The minimum Gasteiger partial charge on any atom is -0.389 e. The van der Waals surface area contributed by atoms with E-state index in [1.54, 1.807) is 0 Å². The fraction of sp³-hybridized carbons (Fsp3) is 1.00. The Hall–Kier alpha value is -0.330. The average molecular weight is 241 g/mol. The zero-order valence-electron chi connectivity index (χ0n) is 9.15. The van der Waals surface area contributed by atoms with E-state index in [0.717, 1.165) is 25.7 Å². The van der Waals surface area contributed by atoms with E-state index in [1.165, 1.54) is 0 Å². The van der Waals surface area contributed by atoms with Crippen LogP contribution < -0.4 is 5.32 Å². The molecule has 0 aliphatic heterocycles. The lowest BCUT2D eigenvalue weighted by atomic mass is 10.0. The van der Waals surface area contributed by atoms with Crippen LogP contribution in [0.3, 0.4) is 0 Å². The van der Waals surface area contributed by atoms with Gasteiger partial charge in [-0.3, -0.25) is 0 Å². The van der Waals surface area contributed by atoms with Gasteiger partial charge in [0.2, 0.25) is 0 Å². The van der Waals surface area contributed by atoms with Crippen LogP contribution in [0.5, 0.6) is 0 Å². The Bertz CT molecular complexity index is 203. The van der Waals surface area contributed by atoms with Crippen LogP contribution in [0.4, 0.5) is 13.2 Å². The van der Waals surface area contributed by atoms with Crippen LogP contribution in [0, 0.1) is 0 Å². The monoisotopic (exact) mass is 241 g/mol. The van der Waals surface area contributed by atoms with Gasteiger partial charge in [0.25, 0.3) is 0 Å². The Morgan fingerprint density at radius 2 is 1.88 bits per heavy atom. The molecule has 0 spiro atoms. The summed E-state index contributed by atoms with van der Waals surface area (Å²) in [7, 11) is 0. The molecule has 0 unspecified atom stereocenters. The SMILES string of the molecule is OC1(CNCCOCC(F)(F)F)CCCC1. The Morgan fingerprint density at radius 3 is 2.44 bits per heavy atom. The summed E-state index contributed by atoms with van der Waals surface area (Å²) in [6.45, 7) is -0.435. The van der Waals surface area contributed by atoms with Gasteiger partial charge < -0.3 is 15.2 Å². The molecule has 16 heavy (non-hydrogen) atoms. The van der Waals surface area contributed by atoms with Crippen LogP contribution in [-0.2, 0) is 4.74 Å². The summed E-state index contributed by atoms with van der Waals surface area (Å²) in [4.78, 5) is 0. The average Bonchev–Trinajstić information content (AvgIpc) is 2.57. The summed E-state index contributed by atoms with van der Waals surface area (Å²) in [6.07, 6.45) is -0.692. The number of rotatable bonds is 6. The van der Waals surface area contributed by atoms with E-state index in [4.69, 9.17) is 0 Å². The van der Waals surface area contributed by atoms with Gasteiger partial charge in [0.05, 0.1) is 12.2 Å². The molecular formula is C10H18F3NO2. The lowest BCUT2D eigenvalue weighted by Gasteiger charge is -2.22. The summed E-state index contributed by atoms with van der Waals surface area (Å²) < 4.78 is 39.5. The van der Waals surface area contributed by atoms with E-state index in [-0.39, 0.29) is 6.61 Å². The normalized spacial score (nSPS) is 20.2. The van der Waals surface area contributed by atoms with Crippen LogP contribution in [0.25, 0.3) is 0 Å². The van der Waals surface area contributed by atoms with E-state index in [1.807, 2.05) is 0 Å². The minimum atomic E-state index is -4.26. The predicted octanol–water partition coefficient (Wildman–Crippen LogP) is 1.46. The highest BCUT2D eigenvalue weighted by atomic mass is 19.4. The highest BCUT2D eigenvalue weighted by Gasteiger charge is 2.30. The number of hydrogen-bond acceptors (Lipinski definition) is 3. The third-order valence-corrected chi connectivity index (χ3v) is 2.68. The number of hydrogen-bond donors (Lipinski definition) is 2. The quantitative estimate of drug-likeness (QED) is 0.692. The molecule has 0 atom stereocenters. The lowest BCUT2D eigenvalue weighted by molar-refractivity contribution is -0.173. The Morgan fingerprint density at radius 1 is 1.25 bits per heavy atom. The fourth-order valence-electron chi connectivity index (χ4n) is 1.86. The molecule has 96 valence electrons. The van der Waals surface area contributed by atoms with E-state index in [0.29, 0.717) is 13.1 Å². The molecule has 0 saturated heterocycles. The van der Waals surface area contributed by atoms with E-state index in [9.17, 15) is 18.3 Å². The molecule has 0 aromatic carbocycles. The van der Waals surface area contributed by atoms with Crippen molar-refractivity contribution in [3.8, 4) is 0 Å². The van der Waals surface area contributed by atoms with Gasteiger partial charge in [0.1, 0.15) is 6.61 Å². The topological polar surface area (TPSA) is 41.5 Å². The highest BCUT2D eigenvalue weighted by molar-refractivity contribution is 4.85. The van der Waals surface area contributed by atoms with Crippen molar-refractivity contribution in [1.29, 1.82) is 0 Å². The second-order valence-corrected chi connectivity index (χ2v) is 4.28. The van der Waals surface area contributed by atoms with Gasteiger partial charge in [0, 0.05) is 13.1 Å². The summed E-state index contributed by atoms with van der Waals surface area (Å²) >= 11 is 0. The molecule has 1 fully saturated rings. The second-order valence-electron chi connectivity index (χ2n) is 4.28. The third kappa shape index (κ3) is 5.67. The molecule has 0 aromatic rings. The van der Waals surface area contributed by atoms with Crippen molar-refractivity contribution in [3.63, 3.8) is 0 Å². The van der Waals surface area contributed by atoms with E-state index in [2.05, 4.69) is 10.1 Å². The first kappa shape index (κ1) is 13.7. The lowest BCUT2D eigenvalue weighted by Crippen LogP contribution is -2.39. The van der Waals surface area contributed by atoms with Gasteiger partial charge in [-0.2, -0.15) is 13.2 Å². The zero-order valence-corrected chi connectivity index (χ0v) is 9.15. The Balaban J connectivity index is 1.96. The third-order valence-electron chi connectivity index (χ3n) is 2.68. The molecular weight excluding hydrogens is 223 g/mol. The zero-order chi connectivity index (χ0) is 12.1. The highest BCUT2D eigenvalue weighted by Crippen LogP contribution is 2.28. The molecule has 2 N–H and O–H groups in total. The van der Waals surface area contributed by atoms with Crippen molar-refractivity contribution in [2.24, 2.45) is 0 Å². The molecule has 1 aliphatic carbocycles. The number of alkyl halides is 3. The van der Waals surface area contributed by atoms with Crippen LogP contribution in [0.1, 0.15) is 25.7 Å². The summed E-state index contributed by atoms with van der Waals surface area (Å²) in [5.74, 6) is 0.